The Balaban J connectivity index is 1.98. The second-order valence-corrected chi connectivity index (χ2v) is 8.69. The number of carbonyl (C=O) groups excluding carboxylic acids is 2. The molecule has 0 aromatic heterocycles. The number of benzene rings is 1. The number of rotatable bonds is 3. The lowest BCUT2D eigenvalue weighted by atomic mass is 9.69. The Morgan fingerprint density at radius 2 is 1.92 bits per heavy atom. The molecule has 1 aromatic rings. The predicted molar refractivity (Wildman–Crippen MR) is 98.1 cm³/mol. The quantitative estimate of drug-likeness (QED) is 0.843. The Morgan fingerprint density at radius 1 is 1.27 bits per heavy atom. The summed E-state index contributed by atoms with van der Waals surface area (Å²) >= 11 is 0. The lowest BCUT2D eigenvalue weighted by Gasteiger charge is -2.52. The number of likely N-dealkylation sites (tertiary alicyclic amines) is 1. The van der Waals surface area contributed by atoms with Crippen LogP contribution >= 0.6 is 0 Å². The average Bonchev–Trinajstić information content (AvgIpc) is 2.86. The summed E-state index contributed by atoms with van der Waals surface area (Å²) < 4.78 is 5.69. The van der Waals surface area contributed by atoms with Gasteiger partial charge in [-0.25, -0.2) is 0 Å². The molecule has 3 rings (SSSR count). The third-order valence-corrected chi connectivity index (χ3v) is 5.96. The van der Waals surface area contributed by atoms with E-state index in [9.17, 15) is 14.7 Å². The van der Waals surface area contributed by atoms with Crippen molar-refractivity contribution < 1.29 is 19.4 Å². The van der Waals surface area contributed by atoms with Crippen molar-refractivity contribution in [1.29, 1.82) is 0 Å². The molecule has 0 spiro atoms. The summed E-state index contributed by atoms with van der Waals surface area (Å²) in [5.74, 6) is -0.708. The summed E-state index contributed by atoms with van der Waals surface area (Å²) in [4.78, 5) is 27.0. The minimum atomic E-state index is -1.51. The molecular formula is C21H29NO4. The minimum absolute atomic E-state index is 0.119. The molecule has 1 heterocycles. The van der Waals surface area contributed by atoms with Crippen LogP contribution < -0.4 is 0 Å². The van der Waals surface area contributed by atoms with Gasteiger partial charge in [0.25, 0.3) is 0 Å². The lowest BCUT2D eigenvalue weighted by molar-refractivity contribution is -0.231. The van der Waals surface area contributed by atoms with E-state index in [2.05, 4.69) is 0 Å². The Kier molecular flexibility index (Phi) is 4.63. The standard InChI is InChI=1S/C21H29NO4/c1-19(2,3)26-18(24)20-12-10-16(14-15-8-6-5-7-9-15)21(20,25)22(4)17(23)11-13-20/h5-9,16,25H,10-14H2,1-4H3/t16-,20+,21-/m0/s1. The number of ether oxygens (including phenoxy) is 1. The van der Waals surface area contributed by atoms with Gasteiger partial charge in [-0.15, -0.1) is 0 Å². The van der Waals surface area contributed by atoms with E-state index < -0.39 is 16.7 Å². The smallest absolute Gasteiger partial charge is 0.317 e. The molecule has 1 aliphatic carbocycles. The Morgan fingerprint density at radius 3 is 2.54 bits per heavy atom. The van der Waals surface area contributed by atoms with E-state index in [0.717, 1.165) is 5.56 Å². The highest BCUT2D eigenvalue weighted by Crippen LogP contribution is 2.58. The van der Waals surface area contributed by atoms with Gasteiger partial charge in [-0.1, -0.05) is 30.3 Å². The molecule has 1 N–H and O–H groups in total. The van der Waals surface area contributed by atoms with Crippen molar-refractivity contribution in [2.75, 3.05) is 7.05 Å². The fourth-order valence-electron chi connectivity index (χ4n) is 4.65. The van der Waals surface area contributed by atoms with Crippen LogP contribution in [0.4, 0.5) is 0 Å². The van der Waals surface area contributed by atoms with Crippen LogP contribution in [0.1, 0.15) is 52.0 Å². The van der Waals surface area contributed by atoms with Crippen molar-refractivity contribution in [3.05, 3.63) is 35.9 Å². The van der Waals surface area contributed by atoms with Crippen LogP contribution in [0.2, 0.25) is 0 Å². The number of carbonyl (C=O) groups is 2. The van der Waals surface area contributed by atoms with Crippen LogP contribution in [0, 0.1) is 11.3 Å². The van der Waals surface area contributed by atoms with Gasteiger partial charge in [0.2, 0.25) is 5.91 Å². The maximum absolute atomic E-state index is 13.2. The van der Waals surface area contributed by atoms with Gasteiger partial charge in [0.05, 0.1) is 0 Å². The largest absolute Gasteiger partial charge is 0.459 e. The first kappa shape index (κ1) is 18.9. The number of amides is 1. The highest BCUT2D eigenvalue weighted by Gasteiger charge is 2.69. The van der Waals surface area contributed by atoms with Gasteiger partial charge in [0, 0.05) is 19.4 Å². The van der Waals surface area contributed by atoms with Gasteiger partial charge in [-0.05, 0) is 52.0 Å². The molecule has 5 nitrogen and oxygen atoms in total. The maximum Gasteiger partial charge on any atom is 0.317 e. The van der Waals surface area contributed by atoms with Crippen molar-refractivity contribution in [3.8, 4) is 0 Å². The topological polar surface area (TPSA) is 66.8 Å². The number of aliphatic hydroxyl groups is 1. The van der Waals surface area contributed by atoms with Crippen molar-refractivity contribution in [3.63, 3.8) is 0 Å². The van der Waals surface area contributed by atoms with E-state index in [1.807, 2.05) is 51.1 Å². The van der Waals surface area contributed by atoms with Crippen LogP contribution in [0.5, 0.6) is 0 Å². The molecule has 1 aliphatic heterocycles. The Labute approximate surface area is 155 Å². The van der Waals surface area contributed by atoms with Crippen molar-refractivity contribution >= 4 is 11.9 Å². The SMILES string of the molecule is CN1C(=O)CC[C@@]2(C(=O)OC(C)(C)C)CC[C@@H](Cc3ccccc3)[C@@]12O. The second-order valence-electron chi connectivity index (χ2n) is 8.69. The first-order valence-electron chi connectivity index (χ1n) is 9.36. The fourth-order valence-corrected chi connectivity index (χ4v) is 4.65. The minimum Gasteiger partial charge on any atom is -0.459 e. The van der Waals surface area contributed by atoms with Gasteiger partial charge < -0.3 is 14.7 Å². The van der Waals surface area contributed by atoms with Crippen molar-refractivity contribution in [2.45, 2.75) is 64.2 Å². The summed E-state index contributed by atoms with van der Waals surface area (Å²) in [6.07, 6.45) is 2.44. The van der Waals surface area contributed by atoms with Gasteiger partial charge in [0.1, 0.15) is 11.0 Å². The van der Waals surface area contributed by atoms with Crippen molar-refractivity contribution in [2.24, 2.45) is 11.3 Å². The zero-order valence-electron chi connectivity index (χ0n) is 16.1. The number of hydrogen-bond acceptors (Lipinski definition) is 4. The molecule has 1 aromatic carbocycles. The summed E-state index contributed by atoms with van der Waals surface area (Å²) in [6.45, 7) is 5.48. The van der Waals surface area contributed by atoms with Gasteiger partial charge in [0.15, 0.2) is 5.72 Å². The van der Waals surface area contributed by atoms with Crippen LogP contribution in [-0.2, 0) is 20.7 Å². The fraction of sp³-hybridized carbons (Fsp3) is 0.619. The number of esters is 1. The van der Waals surface area contributed by atoms with Crippen molar-refractivity contribution in [1.82, 2.24) is 4.90 Å². The molecular weight excluding hydrogens is 330 g/mol. The number of hydrogen-bond donors (Lipinski definition) is 1. The summed E-state index contributed by atoms with van der Waals surface area (Å²) in [7, 11) is 1.62. The summed E-state index contributed by atoms with van der Waals surface area (Å²) in [6, 6.07) is 9.91. The number of piperidine rings is 1. The van der Waals surface area contributed by atoms with E-state index in [-0.39, 0.29) is 24.2 Å². The van der Waals surface area contributed by atoms with Crippen LogP contribution in [-0.4, -0.2) is 40.3 Å². The van der Waals surface area contributed by atoms with E-state index >= 15 is 0 Å². The molecule has 26 heavy (non-hydrogen) atoms. The summed E-state index contributed by atoms with van der Waals surface area (Å²) in [5.41, 5.74) is -2.11. The third kappa shape index (κ3) is 2.92. The van der Waals surface area contributed by atoms with Gasteiger partial charge in [-0.2, -0.15) is 0 Å². The maximum atomic E-state index is 13.2. The molecule has 0 unspecified atom stereocenters. The average molecular weight is 359 g/mol. The molecule has 1 saturated carbocycles. The zero-order valence-corrected chi connectivity index (χ0v) is 16.1. The second kappa shape index (κ2) is 6.38. The van der Waals surface area contributed by atoms with E-state index in [1.165, 1.54) is 4.90 Å². The van der Waals surface area contributed by atoms with Crippen LogP contribution in [0.3, 0.4) is 0 Å². The zero-order chi connectivity index (χ0) is 19.2. The molecule has 142 valence electrons. The molecule has 2 fully saturated rings. The van der Waals surface area contributed by atoms with Crippen LogP contribution in [0.25, 0.3) is 0 Å². The molecule has 5 heteroatoms. The van der Waals surface area contributed by atoms with E-state index in [0.29, 0.717) is 25.7 Å². The lowest BCUT2D eigenvalue weighted by Crippen LogP contribution is -2.67. The highest BCUT2D eigenvalue weighted by atomic mass is 16.6. The van der Waals surface area contributed by atoms with E-state index in [1.54, 1.807) is 7.05 Å². The predicted octanol–water partition coefficient (Wildman–Crippen LogP) is 2.91. The molecule has 1 saturated heterocycles. The monoisotopic (exact) mass is 359 g/mol. The molecule has 3 atom stereocenters. The first-order valence-corrected chi connectivity index (χ1v) is 9.36. The molecule has 0 bridgehead atoms. The van der Waals surface area contributed by atoms with E-state index in [4.69, 9.17) is 4.74 Å². The highest BCUT2D eigenvalue weighted by molar-refractivity contribution is 5.86. The Bertz CT molecular complexity index is 696. The molecule has 2 aliphatic rings. The molecule has 1 amide bonds. The first-order chi connectivity index (χ1) is 12.1. The number of nitrogens with zero attached hydrogens (tertiary/aromatic N) is 1. The number of fused-ring (bicyclic) bond motifs is 1. The molecule has 0 radical (unpaired) electrons. The van der Waals surface area contributed by atoms with Gasteiger partial charge >= 0.3 is 5.97 Å². The third-order valence-electron chi connectivity index (χ3n) is 5.96. The van der Waals surface area contributed by atoms with Crippen LogP contribution in [0.15, 0.2) is 30.3 Å². The normalized spacial score (nSPS) is 31.7. The Hall–Kier alpha value is -1.88. The van der Waals surface area contributed by atoms with Gasteiger partial charge in [-0.3, -0.25) is 9.59 Å². The summed E-state index contributed by atoms with van der Waals surface area (Å²) in [5, 5.41) is 11.8.